The monoisotopic (exact) mass is 615 g/mol. The van der Waals surface area contributed by atoms with Crippen molar-refractivity contribution in [3.63, 3.8) is 0 Å². The number of nitrogens with zero attached hydrogens (tertiary/aromatic N) is 1. The van der Waals surface area contributed by atoms with E-state index in [0.717, 1.165) is 54.0 Å². The molecule has 2 unspecified atom stereocenters. The van der Waals surface area contributed by atoms with Crippen LogP contribution in [0.4, 0.5) is 10.5 Å². The zero-order valence-corrected chi connectivity index (χ0v) is 28.3. The normalized spacial score (nSPS) is 12.9. The molecular weight excluding hydrogens is 562 g/mol. The molecule has 0 heterocycles. The molecule has 2 N–H and O–H groups in total. The highest BCUT2D eigenvalue weighted by molar-refractivity contribution is 6.00. The second-order valence-electron chi connectivity index (χ2n) is 13.4. The minimum atomic E-state index is -0.893. The molecule has 0 saturated carbocycles. The van der Waals surface area contributed by atoms with Gasteiger partial charge in [0.1, 0.15) is 17.7 Å². The smallest absolute Gasteiger partial charge is 0.408 e. The third kappa shape index (κ3) is 11.2. The van der Waals surface area contributed by atoms with Crippen LogP contribution in [-0.4, -0.2) is 41.0 Å². The van der Waals surface area contributed by atoms with Gasteiger partial charge in [-0.25, -0.2) is 4.79 Å². The zero-order valence-electron chi connectivity index (χ0n) is 28.3. The summed E-state index contributed by atoms with van der Waals surface area (Å²) in [7, 11) is 0. The number of aryl methyl sites for hydroxylation is 1. The molecule has 244 valence electrons. The van der Waals surface area contributed by atoms with Gasteiger partial charge in [-0.05, 0) is 80.5 Å². The van der Waals surface area contributed by atoms with Crippen LogP contribution in [0.1, 0.15) is 104 Å². The quantitative estimate of drug-likeness (QED) is 0.167. The topological polar surface area (TPSA) is 87.7 Å². The van der Waals surface area contributed by atoms with Gasteiger partial charge >= 0.3 is 6.09 Å². The second kappa shape index (κ2) is 17.0. The number of amides is 3. The van der Waals surface area contributed by atoms with E-state index in [1.165, 1.54) is 6.42 Å². The fourth-order valence-electron chi connectivity index (χ4n) is 5.59. The first-order valence-corrected chi connectivity index (χ1v) is 16.5. The number of carbonyl (C=O) groups excluding carboxylic acids is 3. The van der Waals surface area contributed by atoms with Crippen LogP contribution < -0.4 is 10.6 Å². The molecule has 3 aromatic rings. The second-order valence-corrected chi connectivity index (χ2v) is 13.4. The fraction of sp³-hybridized carbons (Fsp3) is 0.500. The van der Waals surface area contributed by atoms with Crippen LogP contribution in [0, 0.1) is 12.8 Å². The first-order valence-electron chi connectivity index (χ1n) is 16.5. The third-order valence-corrected chi connectivity index (χ3v) is 7.79. The van der Waals surface area contributed by atoms with Gasteiger partial charge in [0.2, 0.25) is 5.91 Å². The molecule has 45 heavy (non-hydrogen) atoms. The first-order chi connectivity index (χ1) is 21.4. The number of nitrogens with one attached hydrogen (secondary N) is 2. The van der Waals surface area contributed by atoms with Crippen LogP contribution >= 0.6 is 0 Å². The Morgan fingerprint density at radius 2 is 1.49 bits per heavy atom. The molecular formula is C38H53N3O4. The number of alkyl carbamates (subject to hydrolysis) is 1. The van der Waals surface area contributed by atoms with Gasteiger partial charge in [0.25, 0.3) is 5.91 Å². The predicted molar refractivity (Wildman–Crippen MR) is 184 cm³/mol. The van der Waals surface area contributed by atoms with Crippen molar-refractivity contribution in [2.45, 2.75) is 111 Å². The molecule has 0 aliphatic carbocycles. The molecule has 0 spiro atoms. The van der Waals surface area contributed by atoms with Crippen LogP contribution in [0.2, 0.25) is 0 Å². The molecule has 0 aliphatic rings. The summed E-state index contributed by atoms with van der Waals surface area (Å²) in [6.45, 7) is 13.9. The summed E-state index contributed by atoms with van der Waals surface area (Å²) >= 11 is 0. The van der Waals surface area contributed by atoms with Crippen molar-refractivity contribution in [2.75, 3.05) is 11.9 Å². The Morgan fingerprint density at radius 3 is 2.16 bits per heavy atom. The number of unbranched alkanes of at least 4 members (excludes halogenated alkanes) is 5. The number of rotatable bonds is 15. The van der Waals surface area contributed by atoms with Crippen LogP contribution in [-0.2, 0) is 14.3 Å². The molecule has 0 fully saturated rings. The lowest BCUT2D eigenvalue weighted by atomic mass is 9.96. The van der Waals surface area contributed by atoms with Gasteiger partial charge in [-0.1, -0.05) is 107 Å². The van der Waals surface area contributed by atoms with Crippen molar-refractivity contribution < 1.29 is 19.1 Å². The molecule has 2 atom stereocenters. The van der Waals surface area contributed by atoms with Gasteiger partial charge in [0.15, 0.2) is 0 Å². The molecule has 0 aliphatic heterocycles. The summed E-state index contributed by atoms with van der Waals surface area (Å²) in [4.78, 5) is 43.6. The molecule has 7 heteroatoms. The Bertz CT molecular complexity index is 1410. The summed E-state index contributed by atoms with van der Waals surface area (Å²) < 4.78 is 5.54. The van der Waals surface area contributed by atoms with Gasteiger partial charge in [-0.2, -0.15) is 0 Å². The maximum atomic E-state index is 14.6. The number of carbonyl (C=O) groups is 3. The average Bonchev–Trinajstić information content (AvgIpc) is 2.97. The van der Waals surface area contributed by atoms with E-state index in [4.69, 9.17) is 4.74 Å². The van der Waals surface area contributed by atoms with Gasteiger partial charge in [0.05, 0.1) is 0 Å². The van der Waals surface area contributed by atoms with Gasteiger partial charge < -0.3 is 20.3 Å². The van der Waals surface area contributed by atoms with Crippen LogP contribution in [0.5, 0.6) is 0 Å². The predicted octanol–water partition coefficient (Wildman–Crippen LogP) is 8.96. The SMILES string of the molecule is CCCCCCCCN(C(=O)C(CC(C)C)NC(=O)OC(C)(C)C)C(C(=O)Nc1ccc2ccccc2c1)c1ccccc1C. The highest BCUT2D eigenvalue weighted by Gasteiger charge is 2.37. The van der Waals surface area contributed by atoms with E-state index in [9.17, 15) is 14.4 Å². The summed E-state index contributed by atoms with van der Waals surface area (Å²) in [5.74, 6) is -0.461. The Labute approximate surface area is 270 Å². The molecule has 3 aromatic carbocycles. The average molecular weight is 616 g/mol. The van der Waals surface area contributed by atoms with Crippen molar-refractivity contribution >= 4 is 34.4 Å². The fourth-order valence-corrected chi connectivity index (χ4v) is 5.59. The van der Waals surface area contributed by atoms with Crippen molar-refractivity contribution in [3.8, 4) is 0 Å². The number of fused-ring (bicyclic) bond motifs is 1. The summed E-state index contributed by atoms with van der Waals surface area (Å²) in [5, 5.41) is 8.06. The molecule has 0 radical (unpaired) electrons. The first kappa shape index (κ1) is 35.6. The lowest BCUT2D eigenvalue weighted by Crippen LogP contribution is -2.53. The van der Waals surface area contributed by atoms with E-state index in [1.807, 2.05) is 87.5 Å². The summed E-state index contributed by atoms with van der Waals surface area (Å²) in [5.41, 5.74) is 1.62. The number of benzene rings is 3. The zero-order chi connectivity index (χ0) is 33.0. The molecule has 0 saturated heterocycles. The van der Waals surface area contributed by atoms with E-state index in [1.54, 1.807) is 25.7 Å². The number of hydrogen-bond donors (Lipinski definition) is 2. The lowest BCUT2D eigenvalue weighted by Gasteiger charge is -2.35. The van der Waals surface area contributed by atoms with Gasteiger partial charge in [0, 0.05) is 12.2 Å². The lowest BCUT2D eigenvalue weighted by molar-refractivity contribution is -0.141. The molecule has 3 rings (SSSR count). The van der Waals surface area contributed by atoms with Crippen molar-refractivity contribution in [1.82, 2.24) is 10.2 Å². The number of ether oxygens (including phenoxy) is 1. The van der Waals surface area contributed by atoms with Gasteiger partial charge in [-0.15, -0.1) is 0 Å². The van der Waals surface area contributed by atoms with Crippen molar-refractivity contribution in [3.05, 3.63) is 77.9 Å². The van der Waals surface area contributed by atoms with E-state index in [-0.39, 0.29) is 17.7 Å². The highest BCUT2D eigenvalue weighted by atomic mass is 16.6. The van der Waals surface area contributed by atoms with Crippen molar-refractivity contribution in [2.24, 2.45) is 5.92 Å². The van der Waals surface area contributed by atoms with Gasteiger partial charge in [-0.3, -0.25) is 9.59 Å². The molecule has 0 bridgehead atoms. The Morgan fingerprint density at radius 1 is 0.844 bits per heavy atom. The minimum absolute atomic E-state index is 0.119. The Hall–Kier alpha value is -3.87. The van der Waals surface area contributed by atoms with E-state index >= 15 is 0 Å². The minimum Gasteiger partial charge on any atom is -0.444 e. The Kier molecular flexibility index (Phi) is 13.4. The third-order valence-electron chi connectivity index (χ3n) is 7.79. The van der Waals surface area contributed by atoms with Crippen LogP contribution in [0.25, 0.3) is 10.8 Å². The van der Waals surface area contributed by atoms with E-state index in [0.29, 0.717) is 18.7 Å². The maximum absolute atomic E-state index is 14.6. The van der Waals surface area contributed by atoms with Crippen LogP contribution in [0.15, 0.2) is 66.7 Å². The maximum Gasteiger partial charge on any atom is 0.408 e. The highest BCUT2D eigenvalue weighted by Crippen LogP contribution is 2.29. The summed E-state index contributed by atoms with van der Waals surface area (Å²) in [6, 6.07) is 19.8. The Balaban J connectivity index is 2.02. The van der Waals surface area contributed by atoms with E-state index < -0.39 is 23.8 Å². The molecule has 7 nitrogen and oxygen atoms in total. The summed E-state index contributed by atoms with van der Waals surface area (Å²) in [6.07, 6.45) is 6.02. The van der Waals surface area contributed by atoms with Crippen LogP contribution in [0.3, 0.4) is 0 Å². The molecule has 0 aromatic heterocycles. The largest absolute Gasteiger partial charge is 0.444 e. The number of anilines is 1. The number of hydrogen-bond acceptors (Lipinski definition) is 4. The standard InChI is InChI=1S/C38H53N3O4/c1-8-9-10-11-12-17-24-41(36(43)33(25-27(2)3)40-37(44)45-38(5,6)7)34(32-21-16-13-18-28(32)4)35(42)39-31-23-22-29-19-14-15-20-30(29)26-31/h13-16,18-23,26-27,33-34H,8-12,17,24-25H2,1-7H3,(H,39,42)(H,40,44). The van der Waals surface area contributed by atoms with E-state index in [2.05, 4.69) is 17.6 Å². The van der Waals surface area contributed by atoms with Crippen molar-refractivity contribution in [1.29, 1.82) is 0 Å². The molecule has 3 amide bonds.